The van der Waals surface area contributed by atoms with E-state index in [-0.39, 0.29) is 18.4 Å². The normalized spacial score (nSPS) is 26.6. The van der Waals surface area contributed by atoms with E-state index in [9.17, 15) is 4.79 Å². The number of carboxylic acid groups (broad SMARTS) is 1. The van der Waals surface area contributed by atoms with Crippen LogP contribution in [0, 0.1) is 5.92 Å². The number of hydrogen-bond donors (Lipinski definition) is 2. The smallest absolute Gasteiger partial charge is 0.304 e. The highest BCUT2D eigenvalue weighted by Crippen LogP contribution is 2.17. The molecule has 1 aliphatic rings. The molecule has 3 N–H and O–H groups in total. The van der Waals surface area contributed by atoms with Crippen molar-refractivity contribution in [3.05, 3.63) is 0 Å². The maximum Gasteiger partial charge on any atom is 0.304 e. The van der Waals surface area contributed by atoms with Crippen LogP contribution in [-0.4, -0.2) is 30.3 Å². The predicted molar refractivity (Wildman–Crippen MR) is 43.8 cm³/mol. The molecule has 0 amide bonds. The molecule has 4 nitrogen and oxygen atoms in total. The van der Waals surface area contributed by atoms with Crippen LogP contribution in [0.25, 0.3) is 0 Å². The van der Waals surface area contributed by atoms with Crippen LogP contribution in [0.2, 0.25) is 0 Å². The maximum atomic E-state index is 10.3. The van der Waals surface area contributed by atoms with Gasteiger partial charge in [-0.25, -0.2) is 0 Å². The van der Waals surface area contributed by atoms with Crippen LogP contribution in [0.15, 0.2) is 0 Å². The van der Waals surface area contributed by atoms with Gasteiger partial charge in [-0.1, -0.05) is 0 Å². The third-order valence-electron chi connectivity index (χ3n) is 2.21. The van der Waals surface area contributed by atoms with Crippen molar-refractivity contribution in [1.29, 1.82) is 0 Å². The highest BCUT2D eigenvalue weighted by Gasteiger charge is 2.22. The van der Waals surface area contributed by atoms with Gasteiger partial charge in [0.05, 0.1) is 13.0 Å². The average Bonchev–Trinajstić information content (AvgIpc) is 2.05. The van der Waals surface area contributed by atoms with Crippen molar-refractivity contribution in [3.8, 4) is 0 Å². The zero-order valence-corrected chi connectivity index (χ0v) is 7.03. The monoisotopic (exact) mass is 173 g/mol. The summed E-state index contributed by atoms with van der Waals surface area (Å²) in [5.41, 5.74) is 5.69. The van der Waals surface area contributed by atoms with Crippen molar-refractivity contribution in [1.82, 2.24) is 0 Å². The molecular formula is C8H15NO3. The summed E-state index contributed by atoms with van der Waals surface area (Å²) in [4.78, 5) is 10.3. The van der Waals surface area contributed by atoms with Crippen molar-refractivity contribution in [2.45, 2.75) is 25.3 Å². The molecule has 1 saturated heterocycles. The minimum atomic E-state index is -0.826. The average molecular weight is 173 g/mol. The molecule has 4 heteroatoms. The summed E-state index contributed by atoms with van der Waals surface area (Å²) < 4.78 is 5.21. The number of rotatable bonds is 3. The van der Waals surface area contributed by atoms with Gasteiger partial charge in [-0.2, -0.15) is 0 Å². The van der Waals surface area contributed by atoms with Crippen molar-refractivity contribution in [3.63, 3.8) is 0 Å². The highest BCUT2D eigenvalue weighted by molar-refractivity contribution is 5.67. The van der Waals surface area contributed by atoms with E-state index in [2.05, 4.69) is 0 Å². The number of hydrogen-bond acceptors (Lipinski definition) is 3. The predicted octanol–water partition coefficient (Wildman–Crippen LogP) is 0.215. The molecule has 0 spiro atoms. The Hall–Kier alpha value is -0.610. The molecular weight excluding hydrogens is 158 g/mol. The lowest BCUT2D eigenvalue weighted by atomic mass is 9.92. The summed E-state index contributed by atoms with van der Waals surface area (Å²) >= 11 is 0. The molecule has 1 fully saturated rings. The zero-order valence-electron chi connectivity index (χ0n) is 7.03. The second-order valence-corrected chi connectivity index (χ2v) is 3.24. The first-order chi connectivity index (χ1) is 5.70. The Balaban J connectivity index is 2.29. The minimum Gasteiger partial charge on any atom is -0.481 e. The Labute approximate surface area is 71.7 Å². The summed E-state index contributed by atoms with van der Waals surface area (Å²) in [6, 6.07) is -0.247. The van der Waals surface area contributed by atoms with E-state index in [1.54, 1.807) is 0 Å². The van der Waals surface area contributed by atoms with E-state index in [4.69, 9.17) is 15.6 Å². The molecule has 1 rings (SSSR count). The Morgan fingerprint density at radius 1 is 1.75 bits per heavy atom. The summed E-state index contributed by atoms with van der Waals surface area (Å²) in [7, 11) is 0. The Bertz CT molecular complexity index is 154. The lowest BCUT2D eigenvalue weighted by Crippen LogP contribution is -2.37. The molecule has 70 valence electrons. The van der Waals surface area contributed by atoms with Gasteiger partial charge in [0.25, 0.3) is 0 Å². The molecule has 0 bridgehead atoms. The van der Waals surface area contributed by atoms with Crippen LogP contribution in [0.1, 0.15) is 19.3 Å². The lowest BCUT2D eigenvalue weighted by molar-refractivity contribution is -0.137. The first-order valence-electron chi connectivity index (χ1n) is 4.25. The molecule has 1 heterocycles. The molecule has 0 radical (unpaired) electrons. The summed E-state index contributed by atoms with van der Waals surface area (Å²) in [5, 5.41) is 8.49. The largest absolute Gasteiger partial charge is 0.481 e. The molecule has 2 atom stereocenters. The minimum absolute atomic E-state index is 0.0496. The van der Waals surface area contributed by atoms with E-state index < -0.39 is 5.97 Å². The second kappa shape index (κ2) is 4.42. The highest BCUT2D eigenvalue weighted by atomic mass is 16.5. The number of carboxylic acids is 1. The number of carbonyl (C=O) groups is 1. The second-order valence-electron chi connectivity index (χ2n) is 3.24. The van der Waals surface area contributed by atoms with Gasteiger partial charge in [0, 0.05) is 12.6 Å². The van der Waals surface area contributed by atoms with Gasteiger partial charge >= 0.3 is 5.97 Å². The Morgan fingerprint density at radius 2 is 2.50 bits per heavy atom. The third kappa shape index (κ3) is 2.79. The van der Waals surface area contributed by atoms with Gasteiger partial charge in [0.15, 0.2) is 0 Å². The lowest BCUT2D eigenvalue weighted by Gasteiger charge is -2.26. The van der Waals surface area contributed by atoms with Crippen molar-refractivity contribution >= 4 is 5.97 Å². The van der Waals surface area contributed by atoms with Gasteiger partial charge in [0.1, 0.15) is 0 Å². The number of nitrogens with two attached hydrogens (primary N) is 1. The fourth-order valence-electron chi connectivity index (χ4n) is 1.47. The van der Waals surface area contributed by atoms with E-state index in [0.29, 0.717) is 6.61 Å². The fraction of sp³-hybridized carbons (Fsp3) is 0.875. The molecule has 0 saturated carbocycles. The number of ether oxygens (including phenoxy) is 1. The summed E-state index contributed by atoms with van der Waals surface area (Å²) in [6.07, 6.45) is 2.04. The molecule has 12 heavy (non-hydrogen) atoms. The maximum absolute atomic E-state index is 10.3. The summed E-state index contributed by atoms with van der Waals surface area (Å²) in [5.74, 6) is -0.595. The van der Waals surface area contributed by atoms with Crippen LogP contribution < -0.4 is 5.73 Å². The fourth-order valence-corrected chi connectivity index (χ4v) is 1.47. The van der Waals surface area contributed by atoms with Crippen LogP contribution in [-0.2, 0) is 9.53 Å². The van der Waals surface area contributed by atoms with Gasteiger partial charge in [-0.15, -0.1) is 0 Å². The van der Waals surface area contributed by atoms with E-state index >= 15 is 0 Å². The van der Waals surface area contributed by atoms with E-state index in [1.165, 1.54) is 0 Å². The molecule has 0 unspecified atom stereocenters. The van der Waals surface area contributed by atoms with Gasteiger partial charge < -0.3 is 15.6 Å². The van der Waals surface area contributed by atoms with Gasteiger partial charge in [0.2, 0.25) is 0 Å². The zero-order chi connectivity index (χ0) is 8.97. The van der Waals surface area contributed by atoms with Crippen molar-refractivity contribution < 1.29 is 14.6 Å². The quantitative estimate of drug-likeness (QED) is 0.640. The first-order valence-corrected chi connectivity index (χ1v) is 4.25. The Morgan fingerprint density at radius 3 is 3.00 bits per heavy atom. The van der Waals surface area contributed by atoms with Crippen LogP contribution in [0.5, 0.6) is 0 Å². The van der Waals surface area contributed by atoms with Crippen LogP contribution in [0.3, 0.4) is 0 Å². The van der Waals surface area contributed by atoms with Gasteiger partial charge in [-0.05, 0) is 18.8 Å². The SMILES string of the molecule is N[C@H](CC(=O)O)[C@@H]1CCCOC1. The van der Waals surface area contributed by atoms with Crippen molar-refractivity contribution in [2.75, 3.05) is 13.2 Å². The van der Waals surface area contributed by atoms with Crippen LogP contribution >= 0.6 is 0 Å². The van der Waals surface area contributed by atoms with E-state index in [1.807, 2.05) is 0 Å². The van der Waals surface area contributed by atoms with Crippen LogP contribution in [0.4, 0.5) is 0 Å². The standard InChI is InChI=1S/C8H15NO3/c9-7(4-8(10)11)6-2-1-3-12-5-6/h6-7H,1-5,9H2,(H,10,11)/t6-,7-/m1/s1. The third-order valence-corrected chi connectivity index (χ3v) is 2.21. The molecule has 0 aromatic heterocycles. The molecule has 0 aliphatic carbocycles. The van der Waals surface area contributed by atoms with Crippen molar-refractivity contribution in [2.24, 2.45) is 11.7 Å². The number of aliphatic carboxylic acids is 1. The Kier molecular flexibility index (Phi) is 3.49. The van der Waals surface area contributed by atoms with Gasteiger partial charge in [-0.3, -0.25) is 4.79 Å². The first kappa shape index (κ1) is 9.48. The molecule has 0 aromatic rings. The van der Waals surface area contributed by atoms with E-state index in [0.717, 1.165) is 19.4 Å². The topological polar surface area (TPSA) is 72.6 Å². The molecule has 0 aromatic carbocycles. The summed E-state index contributed by atoms with van der Waals surface area (Å²) in [6.45, 7) is 1.41. The molecule has 1 aliphatic heterocycles.